The van der Waals surface area contributed by atoms with Crippen molar-refractivity contribution in [1.82, 2.24) is 9.97 Å². The maximum absolute atomic E-state index is 12.3. The molecule has 1 aromatic carbocycles. The van der Waals surface area contributed by atoms with Crippen LogP contribution in [0.1, 0.15) is 10.4 Å². The summed E-state index contributed by atoms with van der Waals surface area (Å²) < 4.78 is 10.5. The molecule has 29 heavy (non-hydrogen) atoms. The quantitative estimate of drug-likeness (QED) is 0.367. The predicted molar refractivity (Wildman–Crippen MR) is 101 cm³/mol. The third kappa shape index (κ3) is 5.32. The van der Waals surface area contributed by atoms with Crippen molar-refractivity contribution >= 4 is 23.3 Å². The van der Waals surface area contributed by atoms with E-state index in [2.05, 4.69) is 15.3 Å². The maximum Gasteiger partial charge on any atom is 0.344 e. The normalized spacial score (nSPS) is 10.1. The average molecular weight is 394 g/mol. The smallest absolute Gasteiger partial charge is 0.344 e. The van der Waals surface area contributed by atoms with Gasteiger partial charge in [-0.25, -0.2) is 9.78 Å². The van der Waals surface area contributed by atoms with Crippen molar-refractivity contribution in [2.75, 3.05) is 11.9 Å². The number of nitrogens with zero attached hydrogens (tertiary/aromatic N) is 3. The van der Waals surface area contributed by atoms with E-state index in [1.165, 1.54) is 48.8 Å². The molecule has 2 aromatic heterocycles. The van der Waals surface area contributed by atoms with E-state index >= 15 is 0 Å². The van der Waals surface area contributed by atoms with Crippen LogP contribution in [0.2, 0.25) is 0 Å². The van der Waals surface area contributed by atoms with Gasteiger partial charge in [-0.05, 0) is 36.4 Å². The number of pyridine rings is 2. The summed E-state index contributed by atoms with van der Waals surface area (Å²) in [5.74, 6) is -1.00. The van der Waals surface area contributed by atoms with Gasteiger partial charge in [0.2, 0.25) is 5.88 Å². The molecule has 1 amide bonds. The molecular weight excluding hydrogens is 380 g/mol. The van der Waals surface area contributed by atoms with Crippen molar-refractivity contribution in [2.24, 2.45) is 0 Å². The van der Waals surface area contributed by atoms with E-state index in [0.717, 1.165) is 0 Å². The molecule has 0 saturated heterocycles. The van der Waals surface area contributed by atoms with Crippen LogP contribution in [0.15, 0.2) is 67.1 Å². The number of nitro groups is 1. The number of benzene rings is 1. The van der Waals surface area contributed by atoms with Crippen LogP contribution in [0.25, 0.3) is 0 Å². The Bertz CT molecular complexity index is 1020. The van der Waals surface area contributed by atoms with Crippen LogP contribution in [0.5, 0.6) is 11.6 Å². The molecule has 10 heteroatoms. The van der Waals surface area contributed by atoms with Crippen LogP contribution < -0.4 is 10.1 Å². The van der Waals surface area contributed by atoms with E-state index in [-0.39, 0.29) is 17.1 Å². The van der Waals surface area contributed by atoms with Gasteiger partial charge in [-0.1, -0.05) is 0 Å². The number of non-ortho nitro benzene ring substituents is 1. The second-order valence-corrected chi connectivity index (χ2v) is 5.58. The summed E-state index contributed by atoms with van der Waals surface area (Å²) in [6.07, 6.45) is 4.48. The van der Waals surface area contributed by atoms with Crippen LogP contribution >= 0.6 is 0 Å². The molecule has 0 bridgehead atoms. The number of nitrogens with one attached hydrogen (secondary N) is 1. The van der Waals surface area contributed by atoms with Gasteiger partial charge < -0.3 is 14.8 Å². The SMILES string of the molecule is O=C(COC(=O)c1cccnc1Oc1cccnc1)Nc1ccc([N+](=O)[O-])cc1. The predicted octanol–water partition coefficient (Wildman–Crippen LogP) is 2.97. The zero-order chi connectivity index (χ0) is 20.6. The van der Waals surface area contributed by atoms with Crippen molar-refractivity contribution in [3.05, 3.63) is 82.8 Å². The second kappa shape index (κ2) is 9.04. The topological polar surface area (TPSA) is 134 Å². The number of carbonyl (C=O) groups is 2. The van der Waals surface area contributed by atoms with Gasteiger partial charge in [0.15, 0.2) is 6.61 Å². The van der Waals surface area contributed by atoms with Crippen molar-refractivity contribution < 1.29 is 24.0 Å². The molecule has 0 saturated carbocycles. The maximum atomic E-state index is 12.3. The minimum Gasteiger partial charge on any atom is -0.452 e. The first-order chi connectivity index (χ1) is 14.0. The molecule has 0 spiro atoms. The lowest BCUT2D eigenvalue weighted by molar-refractivity contribution is -0.384. The fraction of sp³-hybridized carbons (Fsp3) is 0.0526. The van der Waals surface area contributed by atoms with E-state index in [1.807, 2.05) is 0 Å². The first kappa shape index (κ1) is 19.4. The molecule has 0 atom stereocenters. The lowest BCUT2D eigenvalue weighted by Crippen LogP contribution is -2.21. The van der Waals surface area contributed by atoms with Gasteiger partial charge in [-0.3, -0.25) is 19.9 Å². The minimum absolute atomic E-state index is 0.0151. The lowest BCUT2D eigenvalue weighted by Gasteiger charge is -2.10. The third-order valence-corrected chi connectivity index (χ3v) is 3.54. The Morgan fingerprint density at radius 3 is 2.52 bits per heavy atom. The van der Waals surface area contributed by atoms with Gasteiger partial charge in [-0.15, -0.1) is 0 Å². The fourth-order valence-corrected chi connectivity index (χ4v) is 2.22. The fourth-order valence-electron chi connectivity index (χ4n) is 2.22. The number of hydrogen-bond donors (Lipinski definition) is 1. The second-order valence-electron chi connectivity index (χ2n) is 5.58. The van der Waals surface area contributed by atoms with Gasteiger partial charge >= 0.3 is 5.97 Å². The van der Waals surface area contributed by atoms with Crippen LogP contribution in [0.3, 0.4) is 0 Å². The molecular formula is C19H14N4O6. The van der Waals surface area contributed by atoms with Crippen LogP contribution in [0.4, 0.5) is 11.4 Å². The van der Waals surface area contributed by atoms with Crippen molar-refractivity contribution in [1.29, 1.82) is 0 Å². The summed E-state index contributed by atoms with van der Waals surface area (Å²) in [5.41, 5.74) is 0.269. The molecule has 2 heterocycles. The van der Waals surface area contributed by atoms with E-state index in [1.54, 1.807) is 18.3 Å². The molecule has 10 nitrogen and oxygen atoms in total. The summed E-state index contributed by atoms with van der Waals surface area (Å²) in [4.78, 5) is 42.3. The van der Waals surface area contributed by atoms with Crippen molar-refractivity contribution in [3.8, 4) is 11.6 Å². The Labute approximate surface area is 164 Å². The summed E-state index contributed by atoms with van der Waals surface area (Å²) in [5, 5.41) is 13.1. The average Bonchev–Trinajstić information content (AvgIpc) is 2.73. The molecule has 0 aliphatic carbocycles. The highest BCUT2D eigenvalue weighted by atomic mass is 16.6. The molecule has 3 aromatic rings. The molecule has 1 N–H and O–H groups in total. The molecule has 146 valence electrons. The van der Waals surface area contributed by atoms with Crippen LogP contribution in [-0.4, -0.2) is 33.4 Å². The number of aromatic nitrogens is 2. The molecule has 3 rings (SSSR count). The minimum atomic E-state index is -0.796. The Balaban J connectivity index is 1.59. The van der Waals surface area contributed by atoms with E-state index in [9.17, 15) is 19.7 Å². The lowest BCUT2D eigenvalue weighted by atomic mass is 10.2. The monoisotopic (exact) mass is 394 g/mol. The van der Waals surface area contributed by atoms with E-state index in [0.29, 0.717) is 11.4 Å². The van der Waals surface area contributed by atoms with Crippen LogP contribution in [-0.2, 0) is 9.53 Å². The number of rotatable bonds is 7. The summed E-state index contributed by atoms with van der Waals surface area (Å²) >= 11 is 0. The molecule has 0 unspecified atom stereocenters. The number of hydrogen-bond acceptors (Lipinski definition) is 8. The van der Waals surface area contributed by atoms with Crippen LogP contribution in [0, 0.1) is 10.1 Å². The summed E-state index contributed by atoms with van der Waals surface area (Å²) in [6, 6.07) is 11.5. The summed E-state index contributed by atoms with van der Waals surface area (Å²) in [6.45, 7) is -0.558. The van der Waals surface area contributed by atoms with Crippen molar-refractivity contribution in [2.45, 2.75) is 0 Å². The Morgan fingerprint density at radius 1 is 1.07 bits per heavy atom. The Morgan fingerprint density at radius 2 is 1.83 bits per heavy atom. The van der Waals surface area contributed by atoms with E-state index < -0.39 is 23.4 Å². The Kier molecular flexibility index (Phi) is 6.05. The van der Waals surface area contributed by atoms with Gasteiger partial charge in [0.25, 0.3) is 11.6 Å². The van der Waals surface area contributed by atoms with Gasteiger partial charge in [0, 0.05) is 30.2 Å². The number of esters is 1. The highest BCUT2D eigenvalue weighted by Gasteiger charge is 2.17. The Hall–Kier alpha value is -4.34. The van der Waals surface area contributed by atoms with Gasteiger partial charge in [0.05, 0.1) is 11.1 Å². The van der Waals surface area contributed by atoms with Gasteiger partial charge in [0.1, 0.15) is 11.3 Å². The number of amides is 1. The first-order valence-electron chi connectivity index (χ1n) is 8.27. The first-order valence-corrected chi connectivity index (χ1v) is 8.27. The zero-order valence-electron chi connectivity index (χ0n) is 14.8. The van der Waals surface area contributed by atoms with Gasteiger partial charge in [-0.2, -0.15) is 0 Å². The van der Waals surface area contributed by atoms with E-state index in [4.69, 9.17) is 9.47 Å². The molecule has 0 radical (unpaired) electrons. The number of carbonyl (C=O) groups excluding carboxylic acids is 2. The molecule has 0 aliphatic heterocycles. The molecule has 0 fully saturated rings. The number of ether oxygens (including phenoxy) is 2. The zero-order valence-corrected chi connectivity index (χ0v) is 14.8. The third-order valence-electron chi connectivity index (χ3n) is 3.54. The number of anilines is 1. The number of nitro benzene ring substituents is 1. The highest BCUT2D eigenvalue weighted by Crippen LogP contribution is 2.22. The standard InChI is InChI=1S/C19H14N4O6/c24-17(22-13-5-7-14(8-6-13)23(26)27)12-28-19(25)16-4-2-10-21-18(16)29-15-3-1-9-20-11-15/h1-11H,12H2,(H,22,24). The molecule has 0 aliphatic rings. The van der Waals surface area contributed by atoms with Crippen molar-refractivity contribution in [3.63, 3.8) is 0 Å². The summed E-state index contributed by atoms with van der Waals surface area (Å²) in [7, 11) is 0. The highest BCUT2D eigenvalue weighted by molar-refractivity contribution is 5.96. The largest absolute Gasteiger partial charge is 0.452 e.